The van der Waals surface area contributed by atoms with Gasteiger partial charge in [-0.05, 0) is 30.3 Å². The predicted octanol–water partition coefficient (Wildman–Crippen LogP) is 3.44. The molecule has 1 unspecified atom stereocenters. The molecule has 7 nitrogen and oxygen atoms in total. The molecule has 0 N–H and O–H groups in total. The zero-order chi connectivity index (χ0) is 22.1. The van der Waals surface area contributed by atoms with Crippen molar-refractivity contribution >= 4 is 17.6 Å². The number of fused-ring (bicyclic) bond motifs is 2. The van der Waals surface area contributed by atoms with E-state index in [1.165, 1.54) is 0 Å². The third-order valence-electron chi connectivity index (χ3n) is 5.37. The number of carbonyl (C=O) groups excluding carboxylic acids is 3. The molecule has 0 radical (unpaired) electrons. The SMILES string of the molecule is O=C(CN1C(=O)c2ccccc2OC(c2ccccc2)C1=O)c1ccc2c(c1)OCCO2. The Morgan fingerprint density at radius 3 is 2.38 bits per heavy atom. The van der Waals surface area contributed by atoms with Crippen molar-refractivity contribution in [2.24, 2.45) is 0 Å². The molecule has 0 fully saturated rings. The van der Waals surface area contributed by atoms with Gasteiger partial charge < -0.3 is 14.2 Å². The Kier molecular flexibility index (Phi) is 5.07. The average Bonchev–Trinajstić information content (AvgIpc) is 2.94. The number of Topliss-reactive ketones (excluding diaryl/α,β-unsaturated/α-hetero) is 1. The largest absolute Gasteiger partial charge is 0.486 e. The first kappa shape index (κ1) is 19.8. The first-order valence-corrected chi connectivity index (χ1v) is 10.2. The zero-order valence-electron chi connectivity index (χ0n) is 17.0. The van der Waals surface area contributed by atoms with E-state index in [0.29, 0.717) is 41.6 Å². The van der Waals surface area contributed by atoms with E-state index in [1.807, 2.05) is 6.07 Å². The fourth-order valence-electron chi connectivity index (χ4n) is 3.75. The number of ether oxygens (including phenoxy) is 3. The van der Waals surface area contributed by atoms with Crippen LogP contribution in [0.25, 0.3) is 0 Å². The Balaban J connectivity index is 1.49. The second-order valence-electron chi connectivity index (χ2n) is 7.42. The number of ketones is 1. The molecule has 2 aliphatic heterocycles. The van der Waals surface area contributed by atoms with Gasteiger partial charge in [0.25, 0.3) is 11.8 Å². The fraction of sp³-hybridized carbons (Fsp3) is 0.160. The van der Waals surface area contributed by atoms with Gasteiger partial charge in [0.2, 0.25) is 6.10 Å². The minimum absolute atomic E-state index is 0.231. The van der Waals surface area contributed by atoms with Crippen molar-refractivity contribution in [3.05, 3.63) is 89.5 Å². The zero-order valence-corrected chi connectivity index (χ0v) is 17.0. The maximum Gasteiger partial charge on any atom is 0.275 e. The highest BCUT2D eigenvalue weighted by Crippen LogP contribution is 2.33. The normalized spacial score (nSPS) is 17.2. The first-order chi connectivity index (χ1) is 15.6. The minimum Gasteiger partial charge on any atom is -0.486 e. The van der Waals surface area contributed by atoms with Crippen molar-refractivity contribution in [2.75, 3.05) is 19.8 Å². The molecule has 160 valence electrons. The molecule has 32 heavy (non-hydrogen) atoms. The van der Waals surface area contributed by atoms with Gasteiger partial charge in [-0.3, -0.25) is 19.3 Å². The Bertz CT molecular complexity index is 1210. The maximum absolute atomic E-state index is 13.4. The summed E-state index contributed by atoms with van der Waals surface area (Å²) in [6, 6.07) is 20.4. The van der Waals surface area contributed by atoms with Crippen LogP contribution in [-0.2, 0) is 4.79 Å². The van der Waals surface area contributed by atoms with Crippen molar-refractivity contribution in [1.29, 1.82) is 0 Å². The minimum atomic E-state index is -1.04. The molecule has 0 saturated carbocycles. The van der Waals surface area contributed by atoms with Crippen LogP contribution in [-0.4, -0.2) is 42.3 Å². The van der Waals surface area contributed by atoms with E-state index in [1.54, 1.807) is 66.7 Å². The second kappa shape index (κ2) is 8.19. The average molecular weight is 429 g/mol. The topological polar surface area (TPSA) is 82.1 Å². The molecule has 2 heterocycles. The van der Waals surface area contributed by atoms with E-state index >= 15 is 0 Å². The lowest BCUT2D eigenvalue weighted by Gasteiger charge is -2.22. The van der Waals surface area contributed by atoms with Crippen LogP contribution in [0.4, 0.5) is 0 Å². The van der Waals surface area contributed by atoms with Crippen LogP contribution in [0.1, 0.15) is 32.4 Å². The Hall–Kier alpha value is -4.13. The van der Waals surface area contributed by atoms with Gasteiger partial charge in [-0.25, -0.2) is 0 Å². The molecular weight excluding hydrogens is 410 g/mol. The van der Waals surface area contributed by atoms with Crippen molar-refractivity contribution in [1.82, 2.24) is 4.90 Å². The van der Waals surface area contributed by atoms with Gasteiger partial charge in [0.05, 0.1) is 12.1 Å². The number of carbonyl (C=O) groups is 3. The number of benzene rings is 3. The standard InChI is InChI=1S/C25H19NO6/c27-19(17-10-11-21-22(14-17)31-13-12-30-21)15-26-24(28)18-8-4-5-9-20(18)32-23(25(26)29)16-6-2-1-3-7-16/h1-11,14,23H,12-13,15H2. The summed E-state index contributed by atoms with van der Waals surface area (Å²) in [7, 11) is 0. The number of rotatable bonds is 4. The van der Waals surface area contributed by atoms with Crippen LogP contribution in [0.3, 0.4) is 0 Å². The molecule has 0 spiro atoms. The van der Waals surface area contributed by atoms with E-state index in [4.69, 9.17) is 14.2 Å². The summed E-state index contributed by atoms with van der Waals surface area (Å²) in [5.74, 6) is -0.241. The molecule has 7 heteroatoms. The lowest BCUT2D eigenvalue weighted by atomic mass is 10.1. The number of para-hydroxylation sites is 1. The summed E-state index contributed by atoms with van der Waals surface area (Å²) < 4.78 is 17.0. The molecule has 0 aliphatic carbocycles. The van der Waals surface area contributed by atoms with Crippen LogP contribution in [0.2, 0.25) is 0 Å². The number of imide groups is 1. The number of hydrogen-bond acceptors (Lipinski definition) is 6. The van der Waals surface area contributed by atoms with Gasteiger partial charge in [0.15, 0.2) is 17.3 Å². The summed E-state index contributed by atoms with van der Waals surface area (Å²) in [5, 5.41) is 0. The molecule has 0 bridgehead atoms. The Morgan fingerprint density at radius 2 is 1.56 bits per heavy atom. The summed E-state index contributed by atoms with van der Waals surface area (Å²) in [6.45, 7) is 0.413. The molecule has 0 saturated heterocycles. The molecule has 3 aromatic carbocycles. The van der Waals surface area contributed by atoms with Gasteiger partial charge in [-0.15, -0.1) is 0 Å². The van der Waals surface area contributed by atoms with E-state index < -0.39 is 30.2 Å². The Labute approximate surface area is 184 Å². The predicted molar refractivity (Wildman–Crippen MR) is 114 cm³/mol. The molecule has 1 atom stereocenters. The Morgan fingerprint density at radius 1 is 0.844 bits per heavy atom. The van der Waals surface area contributed by atoms with E-state index in [2.05, 4.69) is 0 Å². The summed E-state index contributed by atoms with van der Waals surface area (Å²) in [5.41, 5.74) is 1.15. The van der Waals surface area contributed by atoms with Gasteiger partial charge in [-0.2, -0.15) is 0 Å². The molecule has 0 aromatic heterocycles. The van der Waals surface area contributed by atoms with Gasteiger partial charge in [0.1, 0.15) is 19.0 Å². The van der Waals surface area contributed by atoms with Gasteiger partial charge >= 0.3 is 0 Å². The van der Waals surface area contributed by atoms with Gasteiger partial charge in [-0.1, -0.05) is 42.5 Å². The molecule has 2 amide bonds. The molecule has 2 aliphatic rings. The van der Waals surface area contributed by atoms with Crippen molar-refractivity contribution in [3.63, 3.8) is 0 Å². The van der Waals surface area contributed by atoms with E-state index in [9.17, 15) is 14.4 Å². The summed E-state index contributed by atoms with van der Waals surface area (Å²) >= 11 is 0. The summed E-state index contributed by atoms with van der Waals surface area (Å²) in [4.78, 5) is 40.7. The molecule has 5 rings (SSSR count). The van der Waals surface area contributed by atoms with Crippen LogP contribution in [0, 0.1) is 0 Å². The van der Waals surface area contributed by atoms with Crippen molar-refractivity contribution in [2.45, 2.75) is 6.10 Å². The second-order valence-corrected chi connectivity index (χ2v) is 7.42. The van der Waals surface area contributed by atoms with Crippen LogP contribution >= 0.6 is 0 Å². The highest BCUT2D eigenvalue weighted by atomic mass is 16.6. The number of hydrogen-bond donors (Lipinski definition) is 0. The third-order valence-corrected chi connectivity index (χ3v) is 5.37. The highest BCUT2D eigenvalue weighted by Gasteiger charge is 2.38. The lowest BCUT2D eigenvalue weighted by molar-refractivity contribution is -0.135. The van der Waals surface area contributed by atoms with Gasteiger partial charge in [0, 0.05) is 11.1 Å². The number of nitrogens with zero attached hydrogens (tertiary/aromatic N) is 1. The van der Waals surface area contributed by atoms with E-state index in [-0.39, 0.29) is 5.56 Å². The van der Waals surface area contributed by atoms with Crippen molar-refractivity contribution in [3.8, 4) is 17.2 Å². The molecular formula is C25H19NO6. The fourth-order valence-corrected chi connectivity index (χ4v) is 3.75. The smallest absolute Gasteiger partial charge is 0.275 e. The maximum atomic E-state index is 13.4. The first-order valence-electron chi connectivity index (χ1n) is 10.2. The van der Waals surface area contributed by atoms with E-state index in [0.717, 1.165) is 4.90 Å². The van der Waals surface area contributed by atoms with Crippen LogP contribution < -0.4 is 14.2 Å². The summed E-state index contributed by atoms with van der Waals surface area (Å²) in [6.07, 6.45) is -1.04. The third kappa shape index (κ3) is 3.58. The number of amides is 2. The lowest BCUT2D eigenvalue weighted by Crippen LogP contribution is -2.42. The quantitative estimate of drug-likeness (QED) is 0.467. The highest BCUT2D eigenvalue weighted by molar-refractivity contribution is 6.12. The molecule has 3 aromatic rings. The monoisotopic (exact) mass is 429 g/mol. The van der Waals surface area contributed by atoms with Crippen LogP contribution in [0.5, 0.6) is 17.2 Å². The van der Waals surface area contributed by atoms with Crippen molar-refractivity contribution < 1.29 is 28.6 Å². The van der Waals surface area contributed by atoms with Crippen LogP contribution in [0.15, 0.2) is 72.8 Å².